The molecule has 0 aliphatic carbocycles. The van der Waals surface area contributed by atoms with Crippen LogP contribution in [-0.2, 0) is 6.54 Å². The van der Waals surface area contributed by atoms with Crippen molar-refractivity contribution in [2.45, 2.75) is 20.4 Å². The summed E-state index contributed by atoms with van der Waals surface area (Å²) in [4.78, 5) is 26.7. The van der Waals surface area contributed by atoms with Crippen molar-refractivity contribution in [1.82, 2.24) is 14.7 Å². The van der Waals surface area contributed by atoms with Gasteiger partial charge in [0.1, 0.15) is 17.3 Å². The molecule has 0 spiro atoms. The van der Waals surface area contributed by atoms with Crippen molar-refractivity contribution >= 4 is 5.91 Å². The Balaban J connectivity index is 1.99. The van der Waals surface area contributed by atoms with Crippen molar-refractivity contribution in [2.24, 2.45) is 0 Å². The number of carbonyl (C=O) groups is 1. The van der Waals surface area contributed by atoms with E-state index in [1.807, 2.05) is 0 Å². The number of rotatable bonds is 5. The van der Waals surface area contributed by atoms with E-state index in [1.54, 1.807) is 38.1 Å². The van der Waals surface area contributed by atoms with Gasteiger partial charge in [-0.3, -0.25) is 9.59 Å². The molecule has 0 aliphatic rings. The summed E-state index contributed by atoms with van der Waals surface area (Å²) in [6.45, 7) is 3.78. The van der Waals surface area contributed by atoms with Gasteiger partial charge in [0.05, 0.1) is 0 Å². The molecule has 3 aromatic rings. The molecule has 0 aliphatic heterocycles. The van der Waals surface area contributed by atoms with Crippen LogP contribution in [0.25, 0.3) is 5.69 Å². The monoisotopic (exact) mass is 383 g/mol. The van der Waals surface area contributed by atoms with Gasteiger partial charge in [0.25, 0.3) is 5.91 Å². The number of para-hydroxylation sites is 1. The Bertz CT molecular complexity index is 1080. The van der Waals surface area contributed by atoms with Gasteiger partial charge in [-0.2, -0.15) is 5.10 Å². The minimum Gasteiger partial charge on any atom is -0.333 e. The summed E-state index contributed by atoms with van der Waals surface area (Å²) in [7, 11) is 0. The zero-order valence-electron chi connectivity index (χ0n) is 15.5. The Morgan fingerprint density at radius 2 is 1.86 bits per heavy atom. The van der Waals surface area contributed by atoms with Gasteiger partial charge in [-0.1, -0.05) is 24.3 Å². The predicted molar refractivity (Wildman–Crippen MR) is 101 cm³/mol. The molecule has 7 heteroatoms. The molecule has 0 saturated heterocycles. The van der Waals surface area contributed by atoms with Crippen LogP contribution in [-0.4, -0.2) is 27.1 Å². The Kier molecular flexibility index (Phi) is 5.63. The van der Waals surface area contributed by atoms with E-state index in [2.05, 4.69) is 5.10 Å². The maximum absolute atomic E-state index is 14.2. The van der Waals surface area contributed by atoms with E-state index < -0.39 is 23.0 Å². The molecule has 0 atom stereocenters. The fraction of sp³-hybridized carbons (Fsp3) is 0.190. The number of benzene rings is 2. The van der Waals surface area contributed by atoms with Crippen LogP contribution in [0.5, 0.6) is 0 Å². The number of aromatic nitrogens is 2. The number of aryl methyl sites for hydroxylation is 1. The molecule has 1 heterocycles. The molecule has 0 N–H and O–H groups in total. The average molecular weight is 383 g/mol. The topological polar surface area (TPSA) is 55.2 Å². The third-order valence-corrected chi connectivity index (χ3v) is 4.32. The summed E-state index contributed by atoms with van der Waals surface area (Å²) in [5, 5.41) is 4.13. The first kappa shape index (κ1) is 19.4. The Hall–Kier alpha value is -3.35. The first-order valence-electron chi connectivity index (χ1n) is 8.80. The molecule has 2 aromatic carbocycles. The average Bonchev–Trinajstić information content (AvgIpc) is 2.66. The van der Waals surface area contributed by atoms with Crippen molar-refractivity contribution in [3.8, 4) is 5.69 Å². The summed E-state index contributed by atoms with van der Waals surface area (Å²) < 4.78 is 28.8. The van der Waals surface area contributed by atoms with Crippen LogP contribution in [0.3, 0.4) is 0 Å². The van der Waals surface area contributed by atoms with E-state index in [9.17, 15) is 18.4 Å². The fourth-order valence-corrected chi connectivity index (χ4v) is 2.90. The van der Waals surface area contributed by atoms with Crippen LogP contribution in [0.1, 0.15) is 28.7 Å². The van der Waals surface area contributed by atoms with E-state index in [4.69, 9.17) is 0 Å². The highest BCUT2D eigenvalue weighted by atomic mass is 19.1. The normalized spacial score (nSPS) is 10.7. The molecule has 0 radical (unpaired) electrons. The molecule has 1 aromatic heterocycles. The third-order valence-electron chi connectivity index (χ3n) is 4.32. The second-order valence-corrected chi connectivity index (χ2v) is 6.31. The summed E-state index contributed by atoms with van der Waals surface area (Å²) in [5.41, 5.74) is 0.277. The SMILES string of the molecule is CCN(Cc1cccc(F)c1)C(=O)c1nn(-c2ccccc2F)c(C)cc1=O. The second-order valence-electron chi connectivity index (χ2n) is 6.31. The molecular formula is C21H19F2N3O2. The van der Waals surface area contributed by atoms with Gasteiger partial charge in [-0.15, -0.1) is 0 Å². The van der Waals surface area contributed by atoms with Crippen LogP contribution in [0.15, 0.2) is 59.4 Å². The standard InChI is InChI=1S/C21H19F2N3O2/c1-3-25(13-15-7-6-8-16(22)12-15)21(28)20-19(27)11-14(2)26(24-20)18-10-5-4-9-17(18)23/h4-12H,3,13H2,1-2H3. The number of hydrogen-bond acceptors (Lipinski definition) is 3. The van der Waals surface area contributed by atoms with E-state index in [0.717, 1.165) is 0 Å². The molecule has 144 valence electrons. The molecule has 3 rings (SSSR count). The number of halogens is 2. The maximum Gasteiger partial charge on any atom is 0.278 e. The molecule has 5 nitrogen and oxygen atoms in total. The molecule has 0 unspecified atom stereocenters. The van der Waals surface area contributed by atoms with Crippen LogP contribution < -0.4 is 5.43 Å². The number of amides is 1. The zero-order valence-corrected chi connectivity index (χ0v) is 15.5. The third kappa shape index (κ3) is 3.98. The summed E-state index contributed by atoms with van der Waals surface area (Å²) >= 11 is 0. The largest absolute Gasteiger partial charge is 0.333 e. The lowest BCUT2D eigenvalue weighted by Crippen LogP contribution is -2.36. The van der Waals surface area contributed by atoms with Crippen molar-refractivity contribution in [3.63, 3.8) is 0 Å². The van der Waals surface area contributed by atoms with E-state index in [1.165, 1.54) is 39.9 Å². The Morgan fingerprint density at radius 3 is 2.54 bits per heavy atom. The number of carbonyl (C=O) groups excluding carboxylic acids is 1. The fourth-order valence-electron chi connectivity index (χ4n) is 2.90. The maximum atomic E-state index is 14.2. The summed E-state index contributed by atoms with van der Waals surface area (Å²) in [6.07, 6.45) is 0. The lowest BCUT2D eigenvalue weighted by molar-refractivity contribution is 0.0743. The highest BCUT2D eigenvalue weighted by molar-refractivity contribution is 5.92. The number of nitrogens with zero attached hydrogens (tertiary/aromatic N) is 3. The van der Waals surface area contributed by atoms with Crippen molar-refractivity contribution < 1.29 is 13.6 Å². The van der Waals surface area contributed by atoms with Gasteiger partial charge in [0.15, 0.2) is 5.69 Å². The lowest BCUT2D eigenvalue weighted by atomic mass is 10.2. The van der Waals surface area contributed by atoms with Gasteiger partial charge in [-0.05, 0) is 43.7 Å². The molecule has 0 saturated carbocycles. The van der Waals surface area contributed by atoms with Gasteiger partial charge in [-0.25, -0.2) is 13.5 Å². The summed E-state index contributed by atoms with van der Waals surface area (Å²) in [6, 6.07) is 13.1. The van der Waals surface area contributed by atoms with Crippen molar-refractivity contribution in [3.05, 3.63) is 93.4 Å². The predicted octanol–water partition coefficient (Wildman–Crippen LogP) is 3.48. The van der Waals surface area contributed by atoms with Crippen LogP contribution >= 0.6 is 0 Å². The van der Waals surface area contributed by atoms with Crippen molar-refractivity contribution in [2.75, 3.05) is 6.54 Å². The van der Waals surface area contributed by atoms with Gasteiger partial charge >= 0.3 is 0 Å². The van der Waals surface area contributed by atoms with E-state index >= 15 is 0 Å². The van der Waals surface area contributed by atoms with E-state index in [0.29, 0.717) is 17.8 Å². The quantitative estimate of drug-likeness (QED) is 0.678. The highest BCUT2D eigenvalue weighted by Crippen LogP contribution is 2.14. The first-order valence-corrected chi connectivity index (χ1v) is 8.80. The molecule has 1 amide bonds. The first-order chi connectivity index (χ1) is 13.4. The van der Waals surface area contributed by atoms with Gasteiger partial charge < -0.3 is 4.90 Å². The van der Waals surface area contributed by atoms with Crippen molar-refractivity contribution in [1.29, 1.82) is 0 Å². The van der Waals surface area contributed by atoms with Gasteiger partial charge in [0.2, 0.25) is 5.43 Å². The molecular weight excluding hydrogens is 364 g/mol. The summed E-state index contributed by atoms with van der Waals surface area (Å²) in [5.74, 6) is -1.52. The van der Waals surface area contributed by atoms with Gasteiger partial charge in [0, 0.05) is 24.8 Å². The van der Waals surface area contributed by atoms with Crippen LogP contribution in [0.2, 0.25) is 0 Å². The lowest BCUT2D eigenvalue weighted by Gasteiger charge is -2.21. The highest BCUT2D eigenvalue weighted by Gasteiger charge is 2.21. The second kappa shape index (κ2) is 8.12. The molecule has 0 bridgehead atoms. The van der Waals surface area contributed by atoms with Crippen LogP contribution in [0, 0.1) is 18.6 Å². The number of hydrogen-bond donors (Lipinski definition) is 0. The molecule has 0 fully saturated rings. The Labute approximate surface area is 160 Å². The minimum atomic E-state index is -0.596. The molecule has 28 heavy (non-hydrogen) atoms. The van der Waals surface area contributed by atoms with E-state index in [-0.39, 0.29) is 17.9 Å². The smallest absolute Gasteiger partial charge is 0.278 e. The van der Waals surface area contributed by atoms with Crippen LogP contribution in [0.4, 0.5) is 8.78 Å². The Morgan fingerprint density at radius 1 is 1.11 bits per heavy atom. The minimum absolute atomic E-state index is 0.127. The zero-order chi connectivity index (χ0) is 20.3.